The summed E-state index contributed by atoms with van der Waals surface area (Å²) in [4.78, 5) is 85.2. The molecule has 0 aromatic rings. The van der Waals surface area contributed by atoms with E-state index in [2.05, 4.69) is 41.7 Å². The first kappa shape index (κ1) is 37.8. The quantitative estimate of drug-likeness (QED) is 0.268. The number of rotatable bonds is 4. The topological polar surface area (TPSA) is 145 Å². The summed E-state index contributed by atoms with van der Waals surface area (Å²) in [5, 5.41) is 5.57. The van der Waals surface area contributed by atoms with Crippen molar-refractivity contribution < 1.29 is 33.5 Å². The van der Waals surface area contributed by atoms with Crippen molar-refractivity contribution in [3.63, 3.8) is 0 Å². The lowest BCUT2D eigenvalue weighted by atomic mass is 9.94. The van der Waals surface area contributed by atoms with Gasteiger partial charge < -0.3 is 30.1 Å². The number of amides is 5. The van der Waals surface area contributed by atoms with Gasteiger partial charge >= 0.3 is 5.97 Å². The summed E-state index contributed by atoms with van der Waals surface area (Å²) in [6.45, 7) is 15.4. The van der Waals surface area contributed by atoms with Crippen LogP contribution in [-0.2, 0) is 33.5 Å². The second kappa shape index (κ2) is 16.2. The van der Waals surface area contributed by atoms with E-state index in [-0.39, 0.29) is 31.2 Å². The van der Waals surface area contributed by atoms with Gasteiger partial charge in [-0.25, -0.2) is 0 Å². The van der Waals surface area contributed by atoms with Gasteiger partial charge in [0.2, 0.25) is 23.6 Å². The van der Waals surface area contributed by atoms with Gasteiger partial charge in [0, 0.05) is 27.2 Å². The Labute approximate surface area is 269 Å². The number of nitrogens with zero attached hydrogens (tertiary/aromatic N) is 3. The maximum atomic E-state index is 14.0. The Hall–Kier alpha value is -3.40. The zero-order valence-corrected chi connectivity index (χ0v) is 29.7. The third-order valence-corrected chi connectivity index (χ3v) is 9.43. The van der Waals surface area contributed by atoms with E-state index >= 15 is 0 Å². The standard InChI is InChI=1S/C32H53N5O7Si/c1-11-21(4)26-31(42)36(7)27(20(2)3)32(43)35(6)22(5)28(39)33-17-16-25(38)44-24(15-13-19-45(8,9)10)30(41)37-18-12-14-23(37)29(40)34-26/h20-24,26-27H,11-12,14-18H2,1-10H3,(H,33,39)(H,34,40)/t21-,22-,23+,24-,26+,27-/m0/s1. The van der Waals surface area contributed by atoms with E-state index in [0.717, 1.165) is 0 Å². The van der Waals surface area contributed by atoms with Crippen LogP contribution in [0.5, 0.6) is 0 Å². The lowest BCUT2D eigenvalue weighted by molar-refractivity contribution is -0.161. The summed E-state index contributed by atoms with van der Waals surface area (Å²) >= 11 is 0. The highest BCUT2D eigenvalue weighted by Gasteiger charge is 2.42. The summed E-state index contributed by atoms with van der Waals surface area (Å²) in [5.41, 5.74) is 3.19. The van der Waals surface area contributed by atoms with E-state index in [4.69, 9.17) is 4.74 Å². The number of hydrogen-bond donors (Lipinski definition) is 2. The third kappa shape index (κ3) is 10.0. The van der Waals surface area contributed by atoms with Gasteiger partial charge in [0.1, 0.15) is 32.2 Å². The molecule has 2 aliphatic rings. The predicted octanol–water partition coefficient (Wildman–Crippen LogP) is 1.54. The molecule has 0 spiro atoms. The van der Waals surface area contributed by atoms with Gasteiger partial charge in [-0.1, -0.05) is 53.8 Å². The summed E-state index contributed by atoms with van der Waals surface area (Å²) in [7, 11) is 1.25. The minimum absolute atomic E-state index is 0.0225. The number of carbonyl (C=O) groups is 6. The number of fused-ring (bicyclic) bond motifs is 1. The van der Waals surface area contributed by atoms with Gasteiger partial charge in [0.15, 0.2) is 6.10 Å². The van der Waals surface area contributed by atoms with Crippen molar-refractivity contribution in [2.45, 2.75) is 117 Å². The van der Waals surface area contributed by atoms with Gasteiger partial charge in [-0.15, -0.1) is 11.5 Å². The molecule has 2 N–H and O–H groups in total. The van der Waals surface area contributed by atoms with Gasteiger partial charge in [-0.05, 0) is 31.6 Å². The molecule has 5 amide bonds. The number of likely N-dealkylation sites (N-methyl/N-ethyl adjacent to an activating group) is 2. The van der Waals surface area contributed by atoms with Crippen LogP contribution in [0.4, 0.5) is 0 Å². The van der Waals surface area contributed by atoms with Gasteiger partial charge in [-0.3, -0.25) is 28.8 Å². The summed E-state index contributed by atoms with van der Waals surface area (Å²) in [5.74, 6) is -0.585. The van der Waals surface area contributed by atoms with Crippen LogP contribution < -0.4 is 10.6 Å². The van der Waals surface area contributed by atoms with Crippen LogP contribution in [0.3, 0.4) is 0 Å². The third-order valence-electron chi connectivity index (χ3n) is 8.50. The molecule has 2 heterocycles. The van der Waals surface area contributed by atoms with Gasteiger partial charge in [0.05, 0.1) is 12.8 Å². The maximum absolute atomic E-state index is 14.0. The van der Waals surface area contributed by atoms with E-state index in [1.807, 2.05) is 27.7 Å². The van der Waals surface area contributed by atoms with Crippen molar-refractivity contribution in [2.75, 3.05) is 27.2 Å². The molecule has 0 aromatic heterocycles. The molecule has 13 heteroatoms. The number of hydrogen-bond acceptors (Lipinski definition) is 7. The highest BCUT2D eigenvalue weighted by Crippen LogP contribution is 2.23. The Balaban J connectivity index is 2.56. The van der Waals surface area contributed by atoms with Gasteiger partial charge in [0.25, 0.3) is 5.91 Å². The zero-order chi connectivity index (χ0) is 34.2. The summed E-state index contributed by atoms with van der Waals surface area (Å²) in [6.07, 6.45) is 0.0769. The molecule has 45 heavy (non-hydrogen) atoms. The molecule has 0 aliphatic carbocycles. The molecule has 0 saturated carbocycles. The van der Waals surface area contributed by atoms with Gasteiger partial charge in [-0.2, -0.15) is 0 Å². The normalized spacial score (nSPS) is 27.4. The molecule has 6 atom stereocenters. The number of ether oxygens (including phenoxy) is 1. The van der Waals surface area contributed by atoms with Crippen molar-refractivity contribution in [3.05, 3.63) is 0 Å². The van der Waals surface area contributed by atoms with Crippen molar-refractivity contribution in [1.29, 1.82) is 0 Å². The SMILES string of the molecule is CC[C@H](C)[C@H]1NC(=O)[C@H]2CCCN2C(=O)[C@H](CC#C[Si](C)(C)C)OC(=O)CCNC(=O)[C@H](C)N(C)C(=O)[C@H](C(C)C)N(C)C1=O. The molecule has 2 fully saturated rings. The maximum Gasteiger partial charge on any atom is 0.308 e. The molecule has 0 aromatic carbocycles. The molecular formula is C32H53N5O7Si. The molecule has 2 saturated heterocycles. The molecule has 12 nitrogen and oxygen atoms in total. The van der Waals surface area contributed by atoms with E-state index in [1.165, 1.54) is 28.8 Å². The second-order valence-electron chi connectivity index (χ2n) is 13.6. The van der Waals surface area contributed by atoms with E-state index in [1.54, 1.807) is 6.92 Å². The lowest BCUT2D eigenvalue weighted by Crippen LogP contribution is -2.60. The molecule has 0 bridgehead atoms. The number of esters is 1. The van der Waals surface area contributed by atoms with Crippen molar-refractivity contribution >= 4 is 43.6 Å². The Bertz CT molecular complexity index is 1190. The first-order valence-corrected chi connectivity index (χ1v) is 19.5. The second-order valence-corrected chi connectivity index (χ2v) is 18.3. The Morgan fingerprint density at radius 3 is 2.18 bits per heavy atom. The first-order chi connectivity index (χ1) is 20.9. The predicted molar refractivity (Wildman–Crippen MR) is 173 cm³/mol. The van der Waals surface area contributed by atoms with Crippen molar-refractivity contribution in [3.8, 4) is 11.5 Å². The van der Waals surface area contributed by atoms with Crippen LogP contribution >= 0.6 is 0 Å². The minimum Gasteiger partial charge on any atom is -0.451 e. The molecule has 0 radical (unpaired) electrons. The van der Waals surface area contributed by atoms with Crippen LogP contribution in [-0.4, -0.2) is 116 Å². The molecule has 2 rings (SSSR count). The van der Waals surface area contributed by atoms with Crippen molar-refractivity contribution in [1.82, 2.24) is 25.3 Å². The largest absolute Gasteiger partial charge is 0.451 e. The zero-order valence-electron chi connectivity index (χ0n) is 28.7. The van der Waals surface area contributed by atoms with Crippen LogP contribution in [0, 0.1) is 23.3 Å². The fraction of sp³-hybridized carbons (Fsp3) is 0.750. The number of nitrogens with one attached hydrogen (secondary N) is 2. The molecule has 0 unspecified atom stereocenters. The average Bonchev–Trinajstić information content (AvgIpc) is 3.46. The Morgan fingerprint density at radius 2 is 1.60 bits per heavy atom. The van der Waals surface area contributed by atoms with Crippen molar-refractivity contribution in [2.24, 2.45) is 11.8 Å². The summed E-state index contributed by atoms with van der Waals surface area (Å²) in [6, 6.07) is -3.61. The molecule has 252 valence electrons. The first-order valence-electron chi connectivity index (χ1n) is 16.0. The van der Waals surface area contributed by atoms with Crippen LogP contribution in [0.25, 0.3) is 0 Å². The Kier molecular flexibility index (Phi) is 13.6. The average molecular weight is 648 g/mol. The minimum atomic E-state index is -1.78. The van der Waals surface area contributed by atoms with E-state index in [9.17, 15) is 28.8 Å². The van der Waals surface area contributed by atoms with Crippen LogP contribution in [0.2, 0.25) is 19.6 Å². The Morgan fingerprint density at radius 1 is 0.956 bits per heavy atom. The van der Waals surface area contributed by atoms with Crippen LogP contribution in [0.1, 0.15) is 66.7 Å². The smallest absolute Gasteiger partial charge is 0.308 e. The van der Waals surface area contributed by atoms with E-state index in [0.29, 0.717) is 25.8 Å². The monoisotopic (exact) mass is 647 g/mol. The highest BCUT2D eigenvalue weighted by atomic mass is 28.3. The highest BCUT2D eigenvalue weighted by molar-refractivity contribution is 6.83. The summed E-state index contributed by atoms with van der Waals surface area (Å²) < 4.78 is 5.61. The molecule has 2 aliphatic heterocycles. The fourth-order valence-corrected chi connectivity index (χ4v) is 6.12. The lowest BCUT2D eigenvalue weighted by Gasteiger charge is -2.38. The number of cyclic esters (lactones) is 1. The van der Waals surface area contributed by atoms with Crippen LogP contribution in [0.15, 0.2) is 0 Å². The van der Waals surface area contributed by atoms with E-state index < -0.39 is 73.9 Å². The number of carbonyl (C=O) groups excluding carboxylic acids is 6. The fourth-order valence-electron chi connectivity index (χ4n) is 5.49. The molecular weight excluding hydrogens is 594 g/mol.